The number of aliphatic hydroxyl groups excluding tert-OH is 1. The van der Waals surface area contributed by atoms with Gasteiger partial charge in [0.25, 0.3) is 0 Å². The molecule has 4 heteroatoms. The largest absolute Gasteiger partial charge is 0.466 e. The molecule has 0 bridgehead atoms. The van der Waals surface area contributed by atoms with Gasteiger partial charge in [-0.3, -0.25) is 4.79 Å². The van der Waals surface area contributed by atoms with Crippen LogP contribution in [-0.2, 0) is 11.2 Å². The Morgan fingerprint density at radius 1 is 1.50 bits per heavy atom. The fourth-order valence-electron chi connectivity index (χ4n) is 3.02. The number of hydrogen-bond donors (Lipinski definition) is 1. The molecule has 1 amide bonds. The van der Waals surface area contributed by atoms with Crippen LogP contribution in [0.25, 0.3) is 0 Å². The van der Waals surface area contributed by atoms with Crippen LogP contribution in [-0.4, -0.2) is 35.1 Å². The van der Waals surface area contributed by atoms with Crippen molar-refractivity contribution in [2.45, 2.75) is 51.0 Å². The topological polar surface area (TPSA) is 53.7 Å². The van der Waals surface area contributed by atoms with E-state index in [1.807, 2.05) is 6.07 Å². The molecule has 2 heterocycles. The molecule has 1 aliphatic heterocycles. The molecular weight excluding hydrogens is 254 g/mol. The van der Waals surface area contributed by atoms with Gasteiger partial charge in [-0.1, -0.05) is 6.92 Å². The third-order valence-electron chi connectivity index (χ3n) is 4.49. The van der Waals surface area contributed by atoms with E-state index in [9.17, 15) is 9.90 Å². The molecule has 2 fully saturated rings. The average molecular weight is 277 g/mol. The first-order valence-electron chi connectivity index (χ1n) is 7.68. The molecule has 0 aromatic carbocycles. The third kappa shape index (κ3) is 3.06. The highest BCUT2D eigenvalue weighted by Gasteiger charge is 2.36. The van der Waals surface area contributed by atoms with Crippen LogP contribution in [0.4, 0.5) is 0 Å². The SMILES string of the molecule is C[C@@H]1C[C@H]1c1ccc(CCC(=O)N2CCC[C@@H](O)C2)o1. The number of likely N-dealkylation sites (tertiary alicyclic amines) is 1. The maximum Gasteiger partial charge on any atom is 0.223 e. The van der Waals surface area contributed by atoms with Crippen molar-refractivity contribution in [3.05, 3.63) is 23.7 Å². The number of carbonyl (C=O) groups is 1. The van der Waals surface area contributed by atoms with Crippen molar-refractivity contribution in [1.82, 2.24) is 4.90 Å². The van der Waals surface area contributed by atoms with Gasteiger partial charge in [-0.05, 0) is 37.3 Å². The molecule has 0 radical (unpaired) electrons. The van der Waals surface area contributed by atoms with Crippen molar-refractivity contribution >= 4 is 5.91 Å². The lowest BCUT2D eigenvalue weighted by molar-refractivity contribution is -0.134. The van der Waals surface area contributed by atoms with Gasteiger partial charge in [0, 0.05) is 31.8 Å². The number of furan rings is 1. The van der Waals surface area contributed by atoms with Gasteiger partial charge >= 0.3 is 0 Å². The minimum Gasteiger partial charge on any atom is -0.466 e. The Hall–Kier alpha value is -1.29. The zero-order chi connectivity index (χ0) is 14.1. The molecule has 1 aliphatic carbocycles. The summed E-state index contributed by atoms with van der Waals surface area (Å²) in [7, 11) is 0. The Morgan fingerprint density at radius 2 is 2.30 bits per heavy atom. The molecule has 20 heavy (non-hydrogen) atoms. The standard InChI is InChI=1S/C16H23NO3/c1-11-9-14(11)15-6-4-13(20-15)5-7-16(19)17-8-2-3-12(18)10-17/h4,6,11-12,14,18H,2-3,5,7-10H2,1H3/t11-,12-,14-/m1/s1. The summed E-state index contributed by atoms with van der Waals surface area (Å²) in [5.41, 5.74) is 0. The smallest absolute Gasteiger partial charge is 0.223 e. The number of rotatable bonds is 4. The summed E-state index contributed by atoms with van der Waals surface area (Å²) in [6, 6.07) is 4.05. The molecule has 0 spiro atoms. The second-order valence-electron chi connectivity index (χ2n) is 6.26. The summed E-state index contributed by atoms with van der Waals surface area (Å²) in [6.07, 6.45) is 3.71. The fourth-order valence-corrected chi connectivity index (χ4v) is 3.02. The van der Waals surface area contributed by atoms with Crippen LogP contribution in [0.1, 0.15) is 50.0 Å². The predicted molar refractivity (Wildman–Crippen MR) is 75.4 cm³/mol. The van der Waals surface area contributed by atoms with Crippen LogP contribution >= 0.6 is 0 Å². The van der Waals surface area contributed by atoms with Gasteiger partial charge in [0.1, 0.15) is 11.5 Å². The molecule has 4 nitrogen and oxygen atoms in total. The van der Waals surface area contributed by atoms with Crippen molar-refractivity contribution in [3.63, 3.8) is 0 Å². The number of hydrogen-bond acceptors (Lipinski definition) is 3. The molecule has 0 unspecified atom stereocenters. The van der Waals surface area contributed by atoms with Gasteiger partial charge in [-0.2, -0.15) is 0 Å². The van der Waals surface area contributed by atoms with Crippen LogP contribution in [0.15, 0.2) is 16.5 Å². The maximum atomic E-state index is 12.1. The molecule has 1 aromatic heterocycles. The summed E-state index contributed by atoms with van der Waals surface area (Å²) >= 11 is 0. The van der Waals surface area contributed by atoms with Gasteiger partial charge in [-0.15, -0.1) is 0 Å². The lowest BCUT2D eigenvalue weighted by atomic mass is 10.1. The highest BCUT2D eigenvalue weighted by molar-refractivity contribution is 5.76. The van der Waals surface area contributed by atoms with Crippen molar-refractivity contribution in [2.24, 2.45) is 5.92 Å². The molecule has 1 saturated heterocycles. The Balaban J connectivity index is 1.48. The van der Waals surface area contributed by atoms with E-state index in [4.69, 9.17) is 4.42 Å². The average Bonchev–Trinajstić information content (AvgIpc) is 2.99. The van der Waals surface area contributed by atoms with Crippen LogP contribution in [0.2, 0.25) is 0 Å². The van der Waals surface area contributed by atoms with E-state index >= 15 is 0 Å². The van der Waals surface area contributed by atoms with Crippen molar-refractivity contribution in [2.75, 3.05) is 13.1 Å². The summed E-state index contributed by atoms with van der Waals surface area (Å²) in [5, 5.41) is 9.60. The zero-order valence-electron chi connectivity index (χ0n) is 12.0. The van der Waals surface area contributed by atoms with E-state index in [2.05, 4.69) is 13.0 Å². The number of amides is 1. The van der Waals surface area contributed by atoms with Crippen molar-refractivity contribution < 1.29 is 14.3 Å². The highest BCUT2D eigenvalue weighted by Crippen LogP contribution is 2.47. The number of nitrogens with zero attached hydrogens (tertiary/aromatic N) is 1. The van der Waals surface area contributed by atoms with Gasteiger partial charge < -0.3 is 14.4 Å². The highest BCUT2D eigenvalue weighted by atomic mass is 16.3. The molecule has 1 N–H and O–H groups in total. The Morgan fingerprint density at radius 3 is 3.00 bits per heavy atom. The number of piperidine rings is 1. The Kier molecular flexibility index (Phi) is 3.83. The zero-order valence-corrected chi connectivity index (χ0v) is 12.0. The number of aryl methyl sites for hydroxylation is 1. The van der Waals surface area contributed by atoms with E-state index in [1.54, 1.807) is 4.90 Å². The third-order valence-corrected chi connectivity index (χ3v) is 4.49. The lowest BCUT2D eigenvalue weighted by Crippen LogP contribution is -2.42. The number of β-amino-alcohol motifs (C(OH)–C–C–N with tert-alkyl or cyclic N) is 1. The first kappa shape index (κ1) is 13.7. The number of carbonyl (C=O) groups excluding carboxylic acids is 1. The molecule has 110 valence electrons. The molecule has 1 aromatic rings. The molecular formula is C16H23NO3. The minimum atomic E-state index is -0.348. The van der Waals surface area contributed by atoms with Crippen LogP contribution < -0.4 is 0 Å². The maximum absolute atomic E-state index is 12.1. The van der Waals surface area contributed by atoms with Gasteiger partial charge in [0.05, 0.1) is 6.10 Å². The minimum absolute atomic E-state index is 0.126. The second-order valence-corrected chi connectivity index (χ2v) is 6.26. The lowest BCUT2D eigenvalue weighted by Gasteiger charge is -2.30. The van der Waals surface area contributed by atoms with E-state index in [-0.39, 0.29) is 12.0 Å². The summed E-state index contributed by atoms with van der Waals surface area (Å²) in [6.45, 7) is 3.50. The number of aliphatic hydroxyl groups is 1. The monoisotopic (exact) mass is 277 g/mol. The van der Waals surface area contributed by atoms with E-state index in [0.29, 0.717) is 25.3 Å². The van der Waals surface area contributed by atoms with Crippen LogP contribution in [0, 0.1) is 5.92 Å². The van der Waals surface area contributed by atoms with Gasteiger partial charge in [0.15, 0.2) is 0 Å². The molecule has 3 rings (SSSR count). The Bertz CT molecular complexity index is 482. The predicted octanol–water partition coefficient (Wildman–Crippen LogP) is 2.32. The first-order valence-corrected chi connectivity index (χ1v) is 7.68. The van der Waals surface area contributed by atoms with Gasteiger partial charge in [0.2, 0.25) is 5.91 Å². The summed E-state index contributed by atoms with van der Waals surface area (Å²) < 4.78 is 5.82. The van der Waals surface area contributed by atoms with Crippen LogP contribution in [0.3, 0.4) is 0 Å². The normalized spacial score (nSPS) is 29.5. The molecule has 2 aliphatic rings. The Labute approximate surface area is 119 Å². The quantitative estimate of drug-likeness (QED) is 0.919. The summed E-state index contributed by atoms with van der Waals surface area (Å²) in [4.78, 5) is 13.9. The van der Waals surface area contributed by atoms with Crippen molar-refractivity contribution in [1.29, 1.82) is 0 Å². The molecule has 3 atom stereocenters. The van der Waals surface area contributed by atoms with E-state index in [0.717, 1.165) is 36.8 Å². The van der Waals surface area contributed by atoms with Gasteiger partial charge in [-0.25, -0.2) is 0 Å². The summed E-state index contributed by atoms with van der Waals surface area (Å²) in [5.74, 6) is 3.45. The van der Waals surface area contributed by atoms with E-state index < -0.39 is 0 Å². The van der Waals surface area contributed by atoms with Crippen molar-refractivity contribution in [3.8, 4) is 0 Å². The second kappa shape index (κ2) is 5.60. The first-order chi connectivity index (χ1) is 9.63. The fraction of sp³-hybridized carbons (Fsp3) is 0.688. The van der Waals surface area contributed by atoms with E-state index in [1.165, 1.54) is 6.42 Å². The molecule has 1 saturated carbocycles. The van der Waals surface area contributed by atoms with Crippen LogP contribution in [0.5, 0.6) is 0 Å².